The minimum absolute atomic E-state index is 0.0361. The average Bonchev–Trinajstić information content (AvgIpc) is 3.46. The highest BCUT2D eigenvalue weighted by Crippen LogP contribution is 2.39. The Morgan fingerprint density at radius 3 is 2.57 bits per heavy atom. The first-order valence-electron chi connectivity index (χ1n) is 11.3. The molecule has 3 heterocycles. The molecule has 0 spiro atoms. The lowest BCUT2D eigenvalue weighted by Gasteiger charge is -2.09. The Hall–Kier alpha value is -3.36. The molecule has 0 atom stereocenters. The molecular formula is C23H27N7O4S3. The van der Waals surface area contributed by atoms with E-state index in [9.17, 15) is 16.8 Å². The predicted octanol–water partition coefficient (Wildman–Crippen LogP) is 3.38. The highest BCUT2D eigenvalue weighted by molar-refractivity contribution is 7.92. The van der Waals surface area contributed by atoms with Crippen molar-refractivity contribution >= 4 is 42.8 Å². The third-order valence-corrected chi connectivity index (χ3v) is 8.82. The number of anilines is 2. The van der Waals surface area contributed by atoms with Gasteiger partial charge < -0.3 is 5.32 Å². The van der Waals surface area contributed by atoms with Gasteiger partial charge in [0.25, 0.3) is 10.0 Å². The average molecular weight is 562 g/mol. The first-order valence-corrected chi connectivity index (χ1v) is 15.6. The van der Waals surface area contributed by atoms with E-state index in [2.05, 4.69) is 25.1 Å². The van der Waals surface area contributed by atoms with Crippen LogP contribution in [0, 0.1) is 0 Å². The number of rotatable bonds is 10. The number of thiazole rings is 1. The molecule has 0 fully saturated rings. The van der Waals surface area contributed by atoms with Gasteiger partial charge in [0.1, 0.15) is 14.7 Å². The third kappa shape index (κ3) is 6.70. The standard InChI is InChI=1S/C23H27N7O4S3/c1-15(2)22-28-20(21(35-22)19-8-9-24-23(27-19)25-10-11-36(4,31)32)16-6-5-7-17(12-16)29-37(33,34)18-13-26-30(3)14-18/h5-9,12-15,29H,10-11H2,1-4H3,(H,24,25,27). The molecule has 11 nitrogen and oxygen atoms in total. The number of hydrogen-bond donors (Lipinski definition) is 2. The first kappa shape index (κ1) is 26.7. The summed E-state index contributed by atoms with van der Waals surface area (Å²) in [6, 6.07) is 8.77. The molecule has 14 heteroatoms. The summed E-state index contributed by atoms with van der Waals surface area (Å²) in [4.78, 5) is 14.5. The van der Waals surface area contributed by atoms with Crippen LogP contribution in [-0.2, 0) is 26.9 Å². The van der Waals surface area contributed by atoms with Gasteiger partial charge in [0.15, 0.2) is 0 Å². The number of sulfonamides is 1. The molecule has 0 aliphatic carbocycles. The second-order valence-corrected chi connectivity index (χ2v) is 13.7. The zero-order valence-corrected chi connectivity index (χ0v) is 23.2. The molecule has 0 bridgehead atoms. The Bertz CT molecular complexity index is 1630. The summed E-state index contributed by atoms with van der Waals surface area (Å²) < 4.78 is 52.5. The molecule has 196 valence electrons. The van der Waals surface area contributed by atoms with E-state index < -0.39 is 19.9 Å². The number of aromatic nitrogens is 5. The zero-order valence-electron chi connectivity index (χ0n) is 20.7. The molecule has 0 saturated heterocycles. The van der Waals surface area contributed by atoms with Gasteiger partial charge in [-0.15, -0.1) is 11.3 Å². The molecule has 1 aromatic carbocycles. The van der Waals surface area contributed by atoms with Crippen LogP contribution < -0.4 is 10.0 Å². The highest BCUT2D eigenvalue weighted by atomic mass is 32.2. The summed E-state index contributed by atoms with van der Waals surface area (Å²) in [5.41, 5.74) is 2.39. The second-order valence-electron chi connectivity index (χ2n) is 8.74. The van der Waals surface area contributed by atoms with Gasteiger partial charge in [0.05, 0.1) is 33.2 Å². The van der Waals surface area contributed by atoms with Gasteiger partial charge in [-0.05, 0) is 18.2 Å². The monoisotopic (exact) mass is 561 g/mol. The summed E-state index contributed by atoms with van der Waals surface area (Å²) in [5, 5.41) is 7.78. The number of hydrogen-bond acceptors (Lipinski definition) is 10. The Labute approximate surface area is 220 Å². The molecule has 0 aliphatic heterocycles. The van der Waals surface area contributed by atoms with Gasteiger partial charge in [-0.2, -0.15) is 5.10 Å². The van der Waals surface area contributed by atoms with Crippen molar-refractivity contribution in [1.29, 1.82) is 0 Å². The number of benzene rings is 1. The van der Waals surface area contributed by atoms with Crippen LogP contribution in [0.1, 0.15) is 24.8 Å². The van der Waals surface area contributed by atoms with E-state index in [1.165, 1.54) is 34.7 Å². The molecule has 0 aliphatic rings. The number of nitrogens with zero attached hydrogens (tertiary/aromatic N) is 5. The van der Waals surface area contributed by atoms with Gasteiger partial charge in [-0.3, -0.25) is 9.40 Å². The Kier molecular flexibility index (Phi) is 7.62. The van der Waals surface area contributed by atoms with Crippen molar-refractivity contribution in [3.8, 4) is 21.8 Å². The van der Waals surface area contributed by atoms with Crippen molar-refractivity contribution in [2.24, 2.45) is 7.05 Å². The Morgan fingerprint density at radius 2 is 1.89 bits per heavy atom. The van der Waals surface area contributed by atoms with Crippen LogP contribution in [0.3, 0.4) is 0 Å². The maximum absolute atomic E-state index is 12.8. The van der Waals surface area contributed by atoms with E-state index in [0.29, 0.717) is 23.0 Å². The fraction of sp³-hybridized carbons (Fsp3) is 0.304. The van der Waals surface area contributed by atoms with Crippen molar-refractivity contribution in [2.45, 2.75) is 24.7 Å². The van der Waals surface area contributed by atoms with Gasteiger partial charge in [0, 0.05) is 49.4 Å². The Morgan fingerprint density at radius 1 is 1.11 bits per heavy atom. The van der Waals surface area contributed by atoms with E-state index in [4.69, 9.17) is 4.98 Å². The maximum atomic E-state index is 12.8. The summed E-state index contributed by atoms with van der Waals surface area (Å²) in [5.74, 6) is 0.439. The predicted molar refractivity (Wildman–Crippen MR) is 145 cm³/mol. The zero-order chi connectivity index (χ0) is 26.8. The largest absolute Gasteiger partial charge is 0.353 e. The number of sulfone groups is 1. The lowest BCUT2D eigenvalue weighted by molar-refractivity contribution is 0.599. The van der Waals surface area contributed by atoms with E-state index >= 15 is 0 Å². The summed E-state index contributed by atoms with van der Waals surface area (Å²) >= 11 is 1.50. The molecule has 37 heavy (non-hydrogen) atoms. The fourth-order valence-electron chi connectivity index (χ4n) is 3.35. The number of nitrogens with one attached hydrogen (secondary N) is 2. The topological polar surface area (TPSA) is 149 Å². The van der Waals surface area contributed by atoms with Crippen LogP contribution in [0.15, 0.2) is 53.8 Å². The SMILES string of the molecule is CC(C)c1nc(-c2cccc(NS(=O)(=O)c3cnn(C)c3)c2)c(-c2ccnc(NCCS(C)(=O)=O)n2)s1. The van der Waals surface area contributed by atoms with Crippen LogP contribution in [0.2, 0.25) is 0 Å². The minimum atomic E-state index is -3.81. The van der Waals surface area contributed by atoms with E-state index in [-0.39, 0.29) is 23.1 Å². The second kappa shape index (κ2) is 10.6. The molecule has 0 radical (unpaired) electrons. The Balaban J connectivity index is 1.68. The number of aryl methyl sites for hydroxylation is 1. The van der Waals surface area contributed by atoms with Crippen LogP contribution in [0.4, 0.5) is 11.6 Å². The molecule has 0 amide bonds. The molecule has 4 rings (SSSR count). The summed E-state index contributed by atoms with van der Waals surface area (Å²) in [6.45, 7) is 4.28. The lowest BCUT2D eigenvalue weighted by Crippen LogP contribution is -2.15. The van der Waals surface area contributed by atoms with Crippen molar-refractivity contribution in [2.75, 3.05) is 28.6 Å². The smallest absolute Gasteiger partial charge is 0.265 e. The van der Waals surface area contributed by atoms with Crippen LogP contribution >= 0.6 is 11.3 Å². The molecule has 0 unspecified atom stereocenters. The molecule has 2 N–H and O–H groups in total. The van der Waals surface area contributed by atoms with Crippen molar-refractivity contribution < 1.29 is 16.8 Å². The van der Waals surface area contributed by atoms with Crippen molar-refractivity contribution in [3.63, 3.8) is 0 Å². The van der Waals surface area contributed by atoms with E-state index in [0.717, 1.165) is 15.4 Å². The molecule has 4 aromatic rings. The fourth-order valence-corrected chi connectivity index (χ4v) is 5.92. The third-order valence-electron chi connectivity index (χ3n) is 5.16. The van der Waals surface area contributed by atoms with Crippen molar-refractivity contribution in [3.05, 3.63) is 53.9 Å². The van der Waals surface area contributed by atoms with Gasteiger partial charge >= 0.3 is 0 Å². The quantitative estimate of drug-likeness (QED) is 0.297. The van der Waals surface area contributed by atoms with E-state index in [1.807, 2.05) is 19.9 Å². The first-order chi connectivity index (χ1) is 17.4. The molecule has 0 saturated carbocycles. The maximum Gasteiger partial charge on any atom is 0.265 e. The highest BCUT2D eigenvalue weighted by Gasteiger charge is 2.20. The van der Waals surface area contributed by atoms with Gasteiger partial charge in [-0.1, -0.05) is 26.0 Å². The van der Waals surface area contributed by atoms with Crippen LogP contribution in [-0.4, -0.2) is 60.1 Å². The molecular weight excluding hydrogens is 534 g/mol. The van der Waals surface area contributed by atoms with Crippen LogP contribution in [0.25, 0.3) is 21.8 Å². The van der Waals surface area contributed by atoms with E-state index in [1.54, 1.807) is 37.5 Å². The van der Waals surface area contributed by atoms with Crippen molar-refractivity contribution in [1.82, 2.24) is 24.7 Å². The van der Waals surface area contributed by atoms with Gasteiger partial charge in [-0.25, -0.2) is 31.8 Å². The van der Waals surface area contributed by atoms with Gasteiger partial charge in [0.2, 0.25) is 5.95 Å². The lowest BCUT2D eigenvalue weighted by atomic mass is 10.1. The normalized spacial score (nSPS) is 12.1. The summed E-state index contributed by atoms with van der Waals surface area (Å²) in [6.07, 6.45) is 5.49. The minimum Gasteiger partial charge on any atom is -0.353 e. The molecule has 3 aromatic heterocycles. The summed E-state index contributed by atoms with van der Waals surface area (Å²) in [7, 11) is -5.28. The van der Waals surface area contributed by atoms with Crippen LogP contribution in [0.5, 0.6) is 0 Å².